The molecule has 0 fully saturated rings. The molecule has 56 heavy (non-hydrogen) atoms. The fraction of sp³-hybridized carbons (Fsp3) is 0.745. The largest absolute Gasteiger partial charge is 0.376 e. The van der Waals surface area contributed by atoms with E-state index in [1.807, 2.05) is 46.2 Å². The molecule has 3 aromatic rings. The van der Waals surface area contributed by atoms with Gasteiger partial charge in [0.05, 0.1) is 49.8 Å². The smallest absolute Gasteiger partial charge is 0.202 e. The number of hydrogen-bond donors (Lipinski definition) is 0. The summed E-state index contributed by atoms with van der Waals surface area (Å²) in [5.41, 5.74) is 11.5. The van der Waals surface area contributed by atoms with Crippen LogP contribution >= 0.6 is 0 Å². The number of hydrogen-bond acceptors (Lipinski definition) is 6. The van der Waals surface area contributed by atoms with Crippen molar-refractivity contribution in [2.75, 3.05) is 13.2 Å². The zero-order chi connectivity index (χ0) is 43.0. The molecule has 6 rings (SSSR count). The van der Waals surface area contributed by atoms with E-state index >= 15 is 0 Å². The molecule has 0 amide bonds. The molecule has 9 nitrogen and oxygen atoms in total. The van der Waals surface area contributed by atoms with Crippen molar-refractivity contribution < 1.29 is 28.3 Å². The third-order valence-electron chi connectivity index (χ3n) is 10.2. The van der Waals surface area contributed by atoms with Gasteiger partial charge >= 0.3 is 0 Å². The summed E-state index contributed by atoms with van der Waals surface area (Å²) >= 11 is 0. The fourth-order valence-electron chi connectivity index (χ4n) is 7.05. The van der Waals surface area contributed by atoms with Crippen LogP contribution in [0.3, 0.4) is 0 Å². The molecule has 0 aliphatic carbocycles. The van der Waals surface area contributed by atoms with Crippen molar-refractivity contribution in [1.29, 1.82) is 0 Å². The lowest BCUT2D eigenvalue weighted by molar-refractivity contribution is -0.772. The van der Waals surface area contributed by atoms with Crippen molar-refractivity contribution in [1.82, 2.24) is 15.3 Å². The van der Waals surface area contributed by atoms with E-state index in [9.17, 15) is 0 Å². The van der Waals surface area contributed by atoms with E-state index in [0.717, 1.165) is 49.9 Å². The minimum atomic E-state index is 0.227. The molecule has 0 saturated carbocycles. The first-order chi connectivity index (χ1) is 26.5. The van der Waals surface area contributed by atoms with Crippen LogP contribution in [0.15, 0.2) is 18.6 Å². The highest BCUT2D eigenvalue weighted by Crippen LogP contribution is 2.36. The number of nitrogens with zero attached hydrogens (tertiary/aromatic N) is 6. The van der Waals surface area contributed by atoms with Crippen molar-refractivity contribution in [2.45, 2.75) is 201 Å². The molecule has 6 heterocycles. The minimum absolute atomic E-state index is 0.227. The van der Waals surface area contributed by atoms with Gasteiger partial charge in [0.1, 0.15) is 17.1 Å². The van der Waals surface area contributed by atoms with Crippen molar-refractivity contribution in [2.24, 2.45) is 17.8 Å². The predicted molar refractivity (Wildman–Crippen MR) is 230 cm³/mol. The normalized spacial score (nSPS) is 17.9. The summed E-state index contributed by atoms with van der Waals surface area (Å²) in [6, 6.07) is 1.21. The van der Waals surface area contributed by atoms with Gasteiger partial charge in [-0.3, -0.25) is 0 Å². The van der Waals surface area contributed by atoms with Crippen molar-refractivity contribution in [3.63, 3.8) is 0 Å². The lowest BCUT2D eigenvalue weighted by Crippen LogP contribution is -2.43. The SMILES string of the molecule is CC.CC.CC.Cc1n[n+](C(C)C)cc2c1CCOC2C(C)C.Cc1n[n+](C(C)C)cc2c1COC2C(C)C.Cc1n[n+](C(C)C)cc2c1COCC2C(C)C. The third-order valence-corrected chi connectivity index (χ3v) is 10.2. The Balaban J connectivity index is 0.000000393. The molecule has 0 radical (unpaired) electrons. The van der Waals surface area contributed by atoms with Crippen LogP contribution in [-0.2, 0) is 33.8 Å². The second-order valence-electron chi connectivity index (χ2n) is 16.3. The van der Waals surface area contributed by atoms with Crippen molar-refractivity contribution in [3.8, 4) is 0 Å². The van der Waals surface area contributed by atoms with E-state index in [4.69, 9.17) is 14.2 Å². The highest BCUT2D eigenvalue weighted by molar-refractivity contribution is 5.32. The van der Waals surface area contributed by atoms with E-state index < -0.39 is 0 Å². The first-order valence-corrected chi connectivity index (χ1v) is 22.1. The molecule has 3 atom stereocenters. The van der Waals surface area contributed by atoms with Gasteiger partial charge in [0.25, 0.3) is 0 Å². The zero-order valence-corrected chi connectivity index (χ0v) is 39.9. The van der Waals surface area contributed by atoms with Crippen LogP contribution in [0.2, 0.25) is 0 Å². The summed E-state index contributed by atoms with van der Waals surface area (Å²) in [5, 5.41) is 13.8. The van der Waals surface area contributed by atoms with E-state index in [1.165, 1.54) is 33.4 Å². The maximum atomic E-state index is 5.91. The van der Waals surface area contributed by atoms with Gasteiger partial charge < -0.3 is 14.2 Å². The van der Waals surface area contributed by atoms with Gasteiger partial charge in [-0.05, 0) is 107 Å². The summed E-state index contributed by atoms with van der Waals surface area (Å²) in [7, 11) is 0. The number of ether oxygens (including phenoxy) is 3. The average Bonchev–Trinajstić information content (AvgIpc) is 3.62. The molecule has 3 aromatic heterocycles. The van der Waals surface area contributed by atoms with Crippen LogP contribution in [0.4, 0.5) is 0 Å². The Morgan fingerprint density at radius 2 is 0.875 bits per heavy atom. The third kappa shape index (κ3) is 13.3. The first-order valence-electron chi connectivity index (χ1n) is 22.1. The Morgan fingerprint density at radius 3 is 1.29 bits per heavy atom. The lowest BCUT2D eigenvalue weighted by atomic mass is 9.85. The van der Waals surface area contributed by atoms with E-state index in [2.05, 4.69) is 147 Å². The van der Waals surface area contributed by atoms with Crippen molar-refractivity contribution in [3.05, 3.63) is 69.1 Å². The second kappa shape index (κ2) is 24.8. The van der Waals surface area contributed by atoms with Gasteiger partial charge in [-0.1, -0.05) is 97.1 Å². The second-order valence-corrected chi connectivity index (χ2v) is 16.3. The van der Waals surface area contributed by atoms with Crippen LogP contribution in [-0.4, -0.2) is 28.5 Å². The molecule has 0 aromatic carbocycles. The molecule has 0 saturated heterocycles. The Kier molecular flexibility index (Phi) is 22.6. The standard InChI is InChI=1S/2C14H23N2O.C13H21N2O.3C2H6/c1-9(2)13-7-17-8-14-11(5)15-16(10(3)4)6-12(13)14;1-9(2)14-13-8-16(10(3)4)15-11(5)12(13)6-7-17-14;1-8(2)13-11-6-15(9(3)4)14-10(5)12(11)7-16-13;3*1-2/h6,9-10,13H,7-8H2,1-5H3;8-10,14H,6-7H2,1-5H3;6,8-9,13H,7H2,1-5H3;3*1-2H3/q3*+1;;;. The van der Waals surface area contributed by atoms with Crippen LogP contribution in [0.1, 0.15) is 211 Å². The Morgan fingerprint density at radius 1 is 0.500 bits per heavy atom. The van der Waals surface area contributed by atoms with Gasteiger partial charge in [-0.25, -0.2) is 0 Å². The Hall–Kier alpha value is -2.88. The van der Waals surface area contributed by atoms with Gasteiger partial charge in [-0.2, -0.15) is 0 Å². The highest BCUT2D eigenvalue weighted by atomic mass is 16.5. The minimum Gasteiger partial charge on any atom is -0.376 e. The van der Waals surface area contributed by atoms with Crippen LogP contribution in [0.25, 0.3) is 0 Å². The van der Waals surface area contributed by atoms with Gasteiger partial charge in [0.15, 0.2) is 18.1 Å². The highest BCUT2D eigenvalue weighted by Gasteiger charge is 2.33. The molecular formula is C47H85N6O3+3. The monoisotopic (exact) mass is 782 g/mol. The van der Waals surface area contributed by atoms with E-state index in [0.29, 0.717) is 41.8 Å². The molecular weight excluding hydrogens is 697 g/mol. The number of aryl methyl sites for hydroxylation is 3. The van der Waals surface area contributed by atoms with Gasteiger partial charge in [-0.15, -0.1) is 0 Å². The van der Waals surface area contributed by atoms with Crippen LogP contribution in [0, 0.1) is 38.5 Å². The molecule has 3 aliphatic rings. The van der Waals surface area contributed by atoms with Gasteiger partial charge in [0.2, 0.25) is 18.6 Å². The average molecular weight is 782 g/mol. The quantitative estimate of drug-likeness (QED) is 0.232. The molecule has 318 valence electrons. The van der Waals surface area contributed by atoms with E-state index in [-0.39, 0.29) is 12.2 Å². The van der Waals surface area contributed by atoms with E-state index in [1.54, 1.807) is 0 Å². The summed E-state index contributed by atoms with van der Waals surface area (Å²) in [6.07, 6.45) is 8.02. The maximum absolute atomic E-state index is 5.91. The Labute approximate surface area is 344 Å². The van der Waals surface area contributed by atoms with Crippen LogP contribution in [0.5, 0.6) is 0 Å². The fourth-order valence-corrected chi connectivity index (χ4v) is 7.05. The maximum Gasteiger partial charge on any atom is 0.202 e. The molecule has 9 heteroatoms. The molecule has 3 aliphatic heterocycles. The molecule has 3 unspecified atom stereocenters. The van der Waals surface area contributed by atoms with Gasteiger partial charge in [0, 0.05) is 22.6 Å². The molecule has 0 N–H and O–H groups in total. The zero-order valence-electron chi connectivity index (χ0n) is 39.9. The lowest BCUT2D eigenvalue weighted by Gasteiger charge is -2.28. The number of rotatable bonds is 6. The topological polar surface area (TPSA) is 78.0 Å². The molecule has 0 bridgehead atoms. The summed E-state index contributed by atoms with van der Waals surface area (Å²) in [4.78, 5) is 0. The molecule has 0 spiro atoms. The van der Waals surface area contributed by atoms with Crippen LogP contribution < -0.4 is 14.0 Å². The summed E-state index contributed by atoms with van der Waals surface area (Å²) in [5.74, 6) is 2.14. The number of aromatic nitrogens is 6. The van der Waals surface area contributed by atoms with Crippen molar-refractivity contribution >= 4 is 0 Å². The number of fused-ring (bicyclic) bond motifs is 3. The predicted octanol–water partition coefficient (Wildman–Crippen LogP) is 10.6. The Bertz CT molecular complexity index is 1520. The summed E-state index contributed by atoms with van der Waals surface area (Å²) in [6.45, 7) is 47.7. The first kappa shape index (κ1) is 51.1. The summed E-state index contributed by atoms with van der Waals surface area (Å²) < 4.78 is 23.6.